The van der Waals surface area contributed by atoms with Gasteiger partial charge in [-0.25, -0.2) is 42.6 Å². The number of methoxy groups -OCH3 is 2. The molecule has 414 valence electrons. The number of aryl methyl sites for hydroxylation is 1. The maximum atomic E-state index is 13.6. The Balaban J connectivity index is 0.942. The van der Waals surface area contributed by atoms with E-state index in [1.54, 1.807) is 0 Å². The third-order valence-electron chi connectivity index (χ3n) is 11.8. The van der Waals surface area contributed by atoms with E-state index >= 15 is 0 Å². The summed E-state index contributed by atoms with van der Waals surface area (Å²) in [5.41, 5.74) is 9.34. The van der Waals surface area contributed by atoms with E-state index in [9.17, 15) is 67.5 Å². The van der Waals surface area contributed by atoms with Crippen LogP contribution in [-0.4, -0.2) is 168 Å². The van der Waals surface area contributed by atoms with Gasteiger partial charge in [-0.3, -0.25) is 46.8 Å². The number of hydrogen-bond donors (Lipinski definition) is 11. The van der Waals surface area contributed by atoms with E-state index < -0.39 is 141 Å². The molecule has 0 spiro atoms. The van der Waals surface area contributed by atoms with E-state index in [1.165, 1.54) is 34.2 Å². The predicted molar refractivity (Wildman–Crippen MR) is 242 cm³/mol. The number of nitrogens with one attached hydrogen (secondary N) is 2. The number of nitrogens with zero attached hydrogens (tertiary/aromatic N) is 8. The molecule has 3 fully saturated rings. The molecule has 16 atom stereocenters. The lowest BCUT2D eigenvalue weighted by Crippen LogP contribution is -2.38. The van der Waals surface area contributed by atoms with Gasteiger partial charge in [0, 0.05) is 39.0 Å². The summed E-state index contributed by atoms with van der Waals surface area (Å²) in [5, 5.41) is 32.6. The molecule has 13 N–H and O–H groups in total. The maximum absolute atomic E-state index is 13.6. The van der Waals surface area contributed by atoms with E-state index in [2.05, 4.69) is 33.5 Å². The number of nitrogens with two attached hydrogens (primary N) is 2. The van der Waals surface area contributed by atoms with Gasteiger partial charge in [0.2, 0.25) is 18.5 Å². The lowest BCUT2D eigenvalue weighted by Gasteiger charge is -2.26. The van der Waals surface area contributed by atoms with Gasteiger partial charge in [-0.15, -0.1) is 0 Å². The molecule has 41 heteroatoms. The Morgan fingerprint density at radius 3 is 2.03 bits per heavy atom. The van der Waals surface area contributed by atoms with Crippen LogP contribution in [0.4, 0.5) is 11.8 Å². The SMILES string of the molecule is COCC[C@H]1[C@@H](O)[C@H](n2c[n+](C)c3c(=O)[nH]c(N)nc32)O[C@@H]1COP(=O)(O)OP(=O)(O)OP(=O)(O)OCC1O[C@@H](n2cnc3c(N)ncnc32)[C@H](OC)[C@@H]1OP(=O)(O)OC[C@H]1O[C@@H](n2ccc(=O)[nH]c2=O)[C@H](O)[C@@H]1O. The number of phosphoric ester groups is 3. The molecule has 8 rings (SSSR count). The highest BCUT2D eigenvalue weighted by atomic mass is 31.3. The first-order valence-corrected chi connectivity index (χ1v) is 27.6. The van der Waals surface area contributed by atoms with Crippen molar-refractivity contribution < 1.29 is 108 Å². The number of nitrogen functional groups attached to an aromatic ring is 2. The van der Waals surface area contributed by atoms with Crippen LogP contribution in [0.25, 0.3) is 22.3 Å². The van der Waals surface area contributed by atoms with Crippen molar-refractivity contribution in [1.29, 1.82) is 0 Å². The van der Waals surface area contributed by atoms with Crippen molar-refractivity contribution in [2.45, 2.75) is 73.9 Å². The summed E-state index contributed by atoms with van der Waals surface area (Å²) in [6.45, 7) is -3.17. The second-order valence-corrected chi connectivity index (χ2v) is 22.7. The van der Waals surface area contributed by atoms with Crippen molar-refractivity contribution in [3.05, 3.63) is 62.4 Å². The number of aliphatic hydroxyl groups excluding tert-OH is 3. The highest BCUT2D eigenvalue weighted by molar-refractivity contribution is 7.66. The zero-order chi connectivity index (χ0) is 54.5. The zero-order valence-electron chi connectivity index (χ0n) is 38.9. The van der Waals surface area contributed by atoms with Crippen molar-refractivity contribution in [2.24, 2.45) is 13.0 Å². The summed E-state index contributed by atoms with van der Waals surface area (Å²) in [6, 6.07) is 0.926. The largest absolute Gasteiger partial charge is 0.490 e. The fourth-order valence-electron chi connectivity index (χ4n) is 8.49. The molecule has 8 heterocycles. The molecule has 0 aliphatic carbocycles. The van der Waals surface area contributed by atoms with E-state index in [4.69, 9.17) is 53.2 Å². The average molecular weight is 1150 g/mol. The maximum Gasteiger partial charge on any atom is 0.490 e. The molecule has 5 unspecified atom stereocenters. The standard InChI is InChI=1S/C34H48N12O25P4/c1-43-13-46(28-20(43)29(51)42-33(36)41-28)30-21(48)14(5-7-61-2)15(66-30)8-64-73(55,56)70-75(59,60)71-74(57,58)65-10-17-24(25(62-3)32(68-17)45-12-39-19-26(35)37-11-38-27(19)45)69-72(53,54)63-9-16-22(49)23(50)31(67-16)44-6-4-18(47)40-34(44)52/h4,6,11-17,21-25,30-32,48-50H,5,7-10H2,1-3H3,(H9-,35,36,37,38,40,41,42,47,51,52,53,54,55,56,57,58,59,60)/p+1/t14-,15-,16-,17?,21-,22-,23-,24-,25-,30-,31-,32-/m1/s1. The topological polar surface area (TPSA) is 516 Å². The number of aromatic amines is 2. The lowest BCUT2D eigenvalue weighted by atomic mass is 9.95. The molecular weight excluding hydrogens is 1100 g/mol. The highest BCUT2D eigenvalue weighted by Gasteiger charge is 2.54. The van der Waals surface area contributed by atoms with Crippen molar-refractivity contribution in [3.8, 4) is 0 Å². The Labute approximate surface area is 417 Å². The van der Waals surface area contributed by atoms with Gasteiger partial charge in [0.05, 0.1) is 39.3 Å². The number of anilines is 2. The summed E-state index contributed by atoms with van der Waals surface area (Å²) in [4.78, 5) is 99.6. The van der Waals surface area contributed by atoms with Gasteiger partial charge >= 0.3 is 42.5 Å². The molecule has 3 saturated heterocycles. The number of aromatic nitrogens is 10. The monoisotopic (exact) mass is 1150 g/mol. The quantitative estimate of drug-likeness (QED) is 0.0236. The molecule has 3 aliphatic heterocycles. The van der Waals surface area contributed by atoms with Crippen LogP contribution in [0.5, 0.6) is 0 Å². The minimum Gasteiger partial charge on any atom is -0.387 e. The third kappa shape index (κ3) is 12.2. The van der Waals surface area contributed by atoms with Crippen LogP contribution in [0.1, 0.15) is 25.1 Å². The molecule has 37 nitrogen and oxygen atoms in total. The summed E-state index contributed by atoms with van der Waals surface area (Å²) in [5.74, 6) is -1.28. The van der Waals surface area contributed by atoms with Crippen LogP contribution in [-0.2, 0) is 75.7 Å². The summed E-state index contributed by atoms with van der Waals surface area (Å²) < 4.78 is 115. The highest BCUT2D eigenvalue weighted by Crippen LogP contribution is 2.68. The second kappa shape index (κ2) is 22.0. The second-order valence-electron chi connectivity index (χ2n) is 16.7. The number of imidazole rings is 2. The molecule has 3 aliphatic rings. The van der Waals surface area contributed by atoms with Crippen molar-refractivity contribution in [3.63, 3.8) is 0 Å². The van der Waals surface area contributed by atoms with Gasteiger partial charge < -0.3 is 70.0 Å². The Morgan fingerprint density at radius 1 is 0.733 bits per heavy atom. The van der Waals surface area contributed by atoms with Crippen LogP contribution in [0, 0.1) is 5.92 Å². The van der Waals surface area contributed by atoms with Gasteiger partial charge in [0.1, 0.15) is 54.6 Å². The van der Waals surface area contributed by atoms with Gasteiger partial charge in [0.25, 0.3) is 16.7 Å². The first-order valence-electron chi connectivity index (χ1n) is 21.6. The predicted octanol–water partition coefficient (Wildman–Crippen LogP) is -3.58. The molecule has 75 heavy (non-hydrogen) atoms. The third-order valence-corrected chi connectivity index (χ3v) is 17.0. The number of H-pyrrole nitrogens is 2. The van der Waals surface area contributed by atoms with Crippen LogP contribution in [0.2, 0.25) is 0 Å². The first-order chi connectivity index (χ1) is 35.2. The Hall–Kier alpha value is -4.62. The molecule has 0 saturated carbocycles. The van der Waals surface area contributed by atoms with Gasteiger partial charge in [-0.05, 0) is 6.42 Å². The zero-order valence-corrected chi connectivity index (χ0v) is 42.4. The lowest BCUT2D eigenvalue weighted by molar-refractivity contribution is -0.646. The van der Waals surface area contributed by atoms with E-state index in [0.717, 1.165) is 36.6 Å². The average Bonchev–Trinajstić information content (AvgIpc) is 4.12. The number of ether oxygens (including phenoxy) is 5. The number of rotatable bonds is 22. The van der Waals surface area contributed by atoms with E-state index in [-0.39, 0.29) is 47.1 Å². The fourth-order valence-corrected chi connectivity index (χ4v) is 13.0. The normalized spacial score (nSPS) is 30.4. The Morgan fingerprint density at radius 2 is 1.36 bits per heavy atom. The van der Waals surface area contributed by atoms with Crippen LogP contribution >= 0.6 is 31.3 Å². The fraction of sp³-hybridized carbons (Fsp3) is 0.588. The molecule has 0 bridgehead atoms. The summed E-state index contributed by atoms with van der Waals surface area (Å²) in [6.07, 6.45) is -13.1. The van der Waals surface area contributed by atoms with Gasteiger partial charge in [0.15, 0.2) is 23.9 Å². The Kier molecular flexibility index (Phi) is 16.6. The van der Waals surface area contributed by atoms with Gasteiger partial charge in [-0.2, -0.15) is 18.2 Å². The molecular formula is C34H49N12O25P4+. The first kappa shape index (κ1) is 56.6. The van der Waals surface area contributed by atoms with Gasteiger partial charge in [-0.1, -0.05) is 0 Å². The smallest absolute Gasteiger partial charge is 0.387 e. The number of fused-ring (bicyclic) bond motifs is 2. The van der Waals surface area contributed by atoms with E-state index in [0.29, 0.717) is 0 Å². The Bertz CT molecular complexity index is 3280. The molecule has 0 radical (unpaired) electrons. The number of hydrogen-bond acceptors (Lipinski definition) is 27. The number of aliphatic hydroxyl groups is 3. The van der Waals surface area contributed by atoms with E-state index in [1.807, 2.05) is 4.98 Å². The van der Waals surface area contributed by atoms with Crippen molar-refractivity contribution >= 4 is 65.4 Å². The van der Waals surface area contributed by atoms with Crippen LogP contribution in [0.15, 0.2) is 45.6 Å². The number of phosphoric acid groups is 4. The van der Waals surface area contributed by atoms with Crippen molar-refractivity contribution in [2.75, 3.05) is 52.1 Å². The summed E-state index contributed by atoms with van der Waals surface area (Å²) >= 11 is 0. The molecule has 0 aromatic carbocycles. The minimum atomic E-state index is -6.18. The van der Waals surface area contributed by atoms with Crippen LogP contribution < -0.4 is 32.8 Å². The molecule has 5 aromatic rings. The summed E-state index contributed by atoms with van der Waals surface area (Å²) in [7, 11) is -19.4. The molecule has 5 aromatic heterocycles. The molecule has 0 amide bonds. The minimum absolute atomic E-state index is 0.00828. The van der Waals surface area contributed by atoms with Crippen LogP contribution in [0.3, 0.4) is 0 Å². The van der Waals surface area contributed by atoms with Crippen molar-refractivity contribution in [1.82, 2.24) is 43.6 Å².